The van der Waals surface area contributed by atoms with Crippen LogP contribution in [0.5, 0.6) is 0 Å². The molecule has 0 spiro atoms. The molecule has 0 saturated carbocycles. The summed E-state index contributed by atoms with van der Waals surface area (Å²) in [4.78, 5) is 15.3. The Hall–Kier alpha value is -6.65. The lowest BCUT2D eigenvalue weighted by Crippen LogP contribution is -2.08. The lowest BCUT2D eigenvalue weighted by Gasteiger charge is -2.17. The van der Waals surface area contributed by atoms with Crippen LogP contribution in [0.1, 0.15) is 23.7 Å². The van der Waals surface area contributed by atoms with Gasteiger partial charge in [-0.1, -0.05) is 146 Å². The number of allylic oxidation sites excluding steroid dienone is 4. The van der Waals surface area contributed by atoms with Crippen molar-refractivity contribution < 1.29 is 4.42 Å². The average molecular weight is 654 g/mol. The van der Waals surface area contributed by atoms with Gasteiger partial charge in [0.15, 0.2) is 11.6 Å². The van der Waals surface area contributed by atoms with Crippen LogP contribution in [-0.4, -0.2) is 15.0 Å². The summed E-state index contributed by atoms with van der Waals surface area (Å²) in [7, 11) is 0. The highest BCUT2D eigenvalue weighted by Gasteiger charge is 2.21. The van der Waals surface area contributed by atoms with Crippen LogP contribution in [0.2, 0.25) is 0 Å². The van der Waals surface area contributed by atoms with Crippen molar-refractivity contribution in [3.63, 3.8) is 0 Å². The summed E-state index contributed by atoms with van der Waals surface area (Å²) in [6.07, 6.45) is 7.51. The molecule has 10 rings (SSSR count). The third kappa shape index (κ3) is 5.20. The molecule has 0 aliphatic heterocycles. The number of hydrogen-bond acceptors (Lipinski definition) is 4. The Morgan fingerprint density at radius 3 is 2.06 bits per heavy atom. The molecule has 9 aromatic rings. The fraction of sp³-hybridized carbons (Fsp3) is 0.0426. The molecule has 0 radical (unpaired) electrons. The second-order valence-corrected chi connectivity index (χ2v) is 13.1. The second kappa shape index (κ2) is 12.0. The van der Waals surface area contributed by atoms with Gasteiger partial charge in [-0.05, 0) is 74.5 Å². The predicted molar refractivity (Wildman–Crippen MR) is 209 cm³/mol. The van der Waals surface area contributed by atoms with Gasteiger partial charge in [-0.2, -0.15) is 0 Å². The molecular weight excluding hydrogens is 623 g/mol. The van der Waals surface area contributed by atoms with Crippen LogP contribution in [-0.2, 0) is 0 Å². The molecule has 1 aliphatic carbocycles. The summed E-state index contributed by atoms with van der Waals surface area (Å²) in [6, 6.07) is 53.0. The first-order chi connectivity index (χ1) is 25.2. The van der Waals surface area contributed by atoms with Gasteiger partial charge in [0.25, 0.3) is 0 Å². The van der Waals surface area contributed by atoms with E-state index in [1.165, 1.54) is 32.7 Å². The Morgan fingerprint density at radius 2 is 1.22 bits per heavy atom. The highest BCUT2D eigenvalue weighted by Crippen LogP contribution is 2.39. The van der Waals surface area contributed by atoms with Gasteiger partial charge >= 0.3 is 0 Å². The molecule has 1 atom stereocenters. The average Bonchev–Trinajstić information content (AvgIpc) is 3.59. The van der Waals surface area contributed by atoms with Gasteiger partial charge in [0.2, 0.25) is 0 Å². The maximum Gasteiger partial charge on any atom is 0.164 e. The van der Waals surface area contributed by atoms with Crippen molar-refractivity contribution in [3.05, 3.63) is 181 Å². The van der Waals surface area contributed by atoms with Gasteiger partial charge in [-0.15, -0.1) is 0 Å². The van der Waals surface area contributed by atoms with Crippen LogP contribution in [0.25, 0.3) is 83.0 Å². The van der Waals surface area contributed by atoms with Crippen LogP contribution in [0, 0.1) is 0 Å². The molecule has 4 heteroatoms. The molecule has 2 aromatic heterocycles. The van der Waals surface area contributed by atoms with Crippen LogP contribution >= 0.6 is 0 Å². The quantitative estimate of drug-likeness (QED) is 0.173. The minimum atomic E-state index is 0.0265. The Bertz CT molecular complexity index is 2830. The van der Waals surface area contributed by atoms with Crippen molar-refractivity contribution in [2.45, 2.75) is 12.3 Å². The number of rotatable bonds is 5. The standard InChI is InChI=1S/C47H31N3O/c1-3-10-30(11-4-1)31-18-21-34(22-19-31)46-48-45(33-13-5-2-6-14-33)49-47(50-46)40-16-9-17-43-44(40)41-29-36(25-27-42(41)51-43)35-24-26-39-37(28-35)23-20-32-12-7-8-15-38(32)39/h1-21,23-29,34H,22H2. The van der Waals surface area contributed by atoms with Crippen LogP contribution in [0.15, 0.2) is 174 Å². The molecule has 2 heterocycles. The lowest BCUT2D eigenvalue weighted by atomic mass is 9.92. The molecule has 51 heavy (non-hydrogen) atoms. The first-order valence-electron chi connectivity index (χ1n) is 17.4. The smallest absolute Gasteiger partial charge is 0.164 e. The predicted octanol–water partition coefficient (Wildman–Crippen LogP) is 12.2. The van der Waals surface area contributed by atoms with Gasteiger partial charge in [0.1, 0.15) is 17.0 Å². The number of furan rings is 1. The minimum Gasteiger partial charge on any atom is -0.456 e. The summed E-state index contributed by atoms with van der Waals surface area (Å²) in [5.41, 5.74) is 8.24. The molecule has 0 saturated heterocycles. The normalized spacial score (nSPS) is 14.4. The minimum absolute atomic E-state index is 0.0265. The lowest BCUT2D eigenvalue weighted by molar-refractivity contribution is 0.669. The molecule has 0 N–H and O–H groups in total. The highest BCUT2D eigenvalue weighted by molar-refractivity contribution is 6.13. The van der Waals surface area contributed by atoms with Crippen molar-refractivity contribution in [2.75, 3.05) is 0 Å². The summed E-state index contributed by atoms with van der Waals surface area (Å²) < 4.78 is 6.45. The van der Waals surface area contributed by atoms with E-state index in [4.69, 9.17) is 19.4 Å². The van der Waals surface area contributed by atoms with E-state index in [0.29, 0.717) is 11.6 Å². The molecule has 0 fully saturated rings. The van der Waals surface area contributed by atoms with E-state index in [-0.39, 0.29) is 5.92 Å². The number of hydrogen-bond donors (Lipinski definition) is 0. The number of benzene rings is 7. The molecule has 0 amide bonds. The third-order valence-electron chi connectivity index (χ3n) is 10.0. The molecule has 1 unspecified atom stereocenters. The molecule has 0 bridgehead atoms. The van der Waals surface area contributed by atoms with Gasteiger partial charge in [-0.25, -0.2) is 15.0 Å². The maximum absolute atomic E-state index is 6.45. The number of fused-ring (bicyclic) bond motifs is 6. The van der Waals surface area contributed by atoms with Crippen LogP contribution < -0.4 is 0 Å². The third-order valence-corrected chi connectivity index (χ3v) is 10.0. The zero-order chi connectivity index (χ0) is 33.7. The SMILES string of the molecule is C1=CC(c2nc(-c3ccccc3)nc(-c3cccc4oc5ccc(-c6ccc7c(ccc8ccccc87)c6)cc5c34)n2)CC=C1c1ccccc1. The maximum atomic E-state index is 6.45. The van der Waals surface area contributed by atoms with E-state index in [0.717, 1.165) is 56.4 Å². The monoisotopic (exact) mass is 653 g/mol. The van der Waals surface area contributed by atoms with E-state index in [1.54, 1.807) is 0 Å². The van der Waals surface area contributed by atoms with Gasteiger partial charge < -0.3 is 4.42 Å². The van der Waals surface area contributed by atoms with Crippen LogP contribution in [0.3, 0.4) is 0 Å². The summed E-state index contributed by atoms with van der Waals surface area (Å²) in [6.45, 7) is 0. The van der Waals surface area contributed by atoms with Crippen molar-refractivity contribution in [3.8, 4) is 33.9 Å². The fourth-order valence-electron chi connectivity index (χ4n) is 7.44. The van der Waals surface area contributed by atoms with E-state index < -0.39 is 0 Å². The Labute approximate surface area is 295 Å². The van der Waals surface area contributed by atoms with Crippen molar-refractivity contribution in [1.82, 2.24) is 15.0 Å². The summed E-state index contributed by atoms with van der Waals surface area (Å²) in [5.74, 6) is 2.09. The molecule has 240 valence electrons. The fourth-order valence-corrected chi connectivity index (χ4v) is 7.44. The zero-order valence-electron chi connectivity index (χ0n) is 27.7. The highest BCUT2D eigenvalue weighted by atomic mass is 16.3. The topological polar surface area (TPSA) is 51.8 Å². The van der Waals surface area contributed by atoms with Gasteiger partial charge in [0, 0.05) is 27.8 Å². The van der Waals surface area contributed by atoms with Crippen LogP contribution in [0.4, 0.5) is 0 Å². The first-order valence-corrected chi connectivity index (χ1v) is 17.4. The van der Waals surface area contributed by atoms with E-state index >= 15 is 0 Å². The Kier molecular flexibility index (Phi) is 6.91. The molecule has 7 aromatic carbocycles. The van der Waals surface area contributed by atoms with E-state index in [9.17, 15) is 0 Å². The molecule has 1 aliphatic rings. The largest absolute Gasteiger partial charge is 0.456 e. The second-order valence-electron chi connectivity index (χ2n) is 13.1. The Morgan fingerprint density at radius 1 is 0.490 bits per heavy atom. The molecule has 4 nitrogen and oxygen atoms in total. The van der Waals surface area contributed by atoms with Crippen molar-refractivity contribution >= 4 is 49.1 Å². The number of aromatic nitrogens is 3. The summed E-state index contributed by atoms with van der Waals surface area (Å²) >= 11 is 0. The van der Waals surface area contributed by atoms with Crippen molar-refractivity contribution in [1.29, 1.82) is 0 Å². The van der Waals surface area contributed by atoms with Gasteiger partial charge in [0.05, 0.1) is 0 Å². The zero-order valence-corrected chi connectivity index (χ0v) is 27.7. The number of nitrogens with zero attached hydrogens (tertiary/aromatic N) is 3. The molecular formula is C47H31N3O. The van der Waals surface area contributed by atoms with E-state index in [2.05, 4.69) is 133 Å². The summed E-state index contributed by atoms with van der Waals surface area (Å²) in [5, 5.41) is 7.04. The van der Waals surface area contributed by atoms with Gasteiger partial charge in [-0.3, -0.25) is 0 Å². The van der Waals surface area contributed by atoms with Crippen molar-refractivity contribution in [2.24, 2.45) is 0 Å². The first kappa shape index (κ1) is 29.3. The Balaban J connectivity index is 1.10. The van der Waals surface area contributed by atoms with E-state index in [1.807, 2.05) is 36.4 Å².